The van der Waals surface area contributed by atoms with Crippen molar-refractivity contribution in [3.8, 4) is 5.75 Å². The monoisotopic (exact) mass is 390 g/mol. The first-order valence-electron chi connectivity index (χ1n) is 5.20. The van der Waals surface area contributed by atoms with E-state index in [-0.39, 0.29) is 0 Å². The summed E-state index contributed by atoms with van der Waals surface area (Å²) < 4.78 is 102. The van der Waals surface area contributed by atoms with Crippen LogP contribution in [0.15, 0.2) is 12.1 Å². The van der Waals surface area contributed by atoms with E-state index in [0.717, 1.165) is 0 Å². The summed E-state index contributed by atoms with van der Waals surface area (Å²) in [6.45, 7) is 0. The molecule has 0 amide bonds. The van der Waals surface area contributed by atoms with Crippen LogP contribution in [0.1, 0.15) is 0 Å². The molecule has 1 aromatic carbocycles. The summed E-state index contributed by atoms with van der Waals surface area (Å²) in [6, 6.07) is 0.949. The third-order valence-corrected chi connectivity index (χ3v) is 2.77. The number of ether oxygens (including phenoxy) is 1. The van der Waals surface area contributed by atoms with Gasteiger partial charge in [-0.05, 0) is 0 Å². The van der Waals surface area contributed by atoms with Crippen LogP contribution in [-0.4, -0.2) is 24.3 Å². The summed E-state index contributed by atoms with van der Waals surface area (Å²) in [6.07, 6.45) is -11.2. The van der Waals surface area contributed by atoms with Crippen LogP contribution in [0.5, 0.6) is 5.75 Å². The van der Waals surface area contributed by atoms with Crippen molar-refractivity contribution < 1.29 is 39.9 Å². The fourth-order valence-electron chi connectivity index (χ4n) is 1.21. The predicted octanol–water partition coefficient (Wildman–Crippen LogP) is 5.48. The van der Waals surface area contributed by atoms with Gasteiger partial charge in [-0.1, -0.05) is 23.2 Å². The molecule has 0 bridgehead atoms. The van der Waals surface area contributed by atoms with Crippen LogP contribution in [0.25, 0.3) is 0 Å². The molecule has 1 rings (SSSR count). The normalized spacial score (nSPS) is 13.0. The lowest BCUT2D eigenvalue weighted by Crippen LogP contribution is -2.47. The Labute approximate surface area is 132 Å². The molecule has 0 saturated heterocycles. The van der Waals surface area contributed by atoms with Crippen LogP contribution in [0, 0.1) is 5.41 Å². The van der Waals surface area contributed by atoms with E-state index in [1.54, 1.807) is 0 Å². The summed E-state index contributed by atoms with van der Waals surface area (Å²) in [7, 11) is 0. The average molecular weight is 391 g/mol. The van der Waals surface area contributed by atoms with Crippen molar-refractivity contribution in [1.82, 2.24) is 0 Å². The Hall–Kier alpha value is -1.49. The summed E-state index contributed by atoms with van der Waals surface area (Å²) in [5, 5.41) is 6.57. The van der Waals surface area contributed by atoms with E-state index in [4.69, 9.17) is 28.6 Å². The Morgan fingerprint density at radius 2 is 1.39 bits per heavy atom. The molecule has 0 atom stereocenters. The molecular formula is C10H4Cl2F8N2O. The summed E-state index contributed by atoms with van der Waals surface area (Å²) in [5.41, 5.74) is -0.809. The van der Waals surface area contributed by atoms with Crippen LogP contribution in [-0.2, 0) is 0 Å². The van der Waals surface area contributed by atoms with Crippen LogP contribution < -0.4 is 10.1 Å². The zero-order chi connectivity index (χ0) is 18.2. The predicted molar refractivity (Wildman–Crippen MR) is 65.5 cm³/mol. The molecule has 0 aliphatic rings. The molecule has 0 spiro atoms. The number of hydrogen-bond donors (Lipinski definition) is 2. The second kappa shape index (κ2) is 6.19. The quantitative estimate of drug-likeness (QED) is 0.407. The van der Waals surface area contributed by atoms with Crippen molar-refractivity contribution in [2.75, 3.05) is 5.32 Å². The minimum Gasteiger partial charge on any atom is -0.406 e. The van der Waals surface area contributed by atoms with Crippen molar-refractivity contribution in [3.05, 3.63) is 22.2 Å². The SMILES string of the molecule is N=C(Nc1c(Cl)cc(OC(F)(F)F)cc1Cl)C(F)(F)C(F)(F)F. The first kappa shape index (κ1) is 19.6. The summed E-state index contributed by atoms with van der Waals surface area (Å²) >= 11 is 10.9. The molecule has 130 valence electrons. The molecular weight excluding hydrogens is 387 g/mol. The zero-order valence-electron chi connectivity index (χ0n) is 10.3. The zero-order valence-corrected chi connectivity index (χ0v) is 11.9. The number of anilines is 1. The van der Waals surface area contributed by atoms with Gasteiger partial charge in [-0.2, -0.15) is 22.0 Å². The molecule has 2 N–H and O–H groups in total. The maximum absolute atomic E-state index is 12.9. The number of alkyl halides is 8. The molecule has 0 aromatic heterocycles. The second-order valence-electron chi connectivity index (χ2n) is 3.88. The highest BCUT2D eigenvalue weighted by Crippen LogP contribution is 2.40. The first-order chi connectivity index (χ1) is 10.1. The number of nitrogens with one attached hydrogen (secondary N) is 2. The maximum atomic E-state index is 12.9. The Bertz CT molecular complexity index is 591. The van der Waals surface area contributed by atoms with E-state index in [1.807, 2.05) is 0 Å². The van der Waals surface area contributed by atoms with Crippen LogP contribution in [0.4, 0.5) is 40.8 Å². The lowest BCUT2D eigenvalue weighted by atomic mass is 10.2. The van der Waals surface area contributed by atoms with Gasteiger partial charge in [-0.25, -0.2) is 0 Å². The molecule has 0 saturated carbocycles. The van der Waals surface area contributed by atoms with Gasteiger partial charge in [0.05, 0.1) is 15.7 Å². The first-order valence-corrected chi connectivity index (χ1v) is 5.96. The van der Waals surface area contributed by atoms with Crippen LogP contribution >= 0.6 is 23.2 Å². The maximum Gasteiger partial charge on any atom is 0.573 e. The van der Waals surface area contributed by atoms with Gasteiger partial charge in [0.1, 0.15) is 5.75 Å². The standard InChI is InChI=1S/C10H4Cl2F8N2O/c11-4-1-3(23-10(18,19)20)2-5(12)6(4)22-7(21)8(13,14)9(15,16)17/h1-2H,(H2,21,22). The van der Waals surface area contributed by atoms with Gasteiger partial charge >= 0.3 is 18.5 Å². The second-order valence-corrected chi connectivity index (χ2v) is 4.70. The van der Waals surface area contributed by atoms with Gasteiger partial charge in [-0.3, -0.25) is 5.41 Å². The third-order valence-electron chi connectivity index (χ3n) is 2.17. The number of benzene rings is 1. The molecule has 0 fully saturated rings. The molecule has 23 heavy (non-hydrogen) atoms. The van der Waals surface area contributed by atoms with Gasteiger partial charge in [0.25, 0.3) is 0 Å². The third kappa shape index (κ3) is 4.74. The molecule has 0 heterocycles. The number of rotatable bonds is 3. The van der Waals surface area contributed by atoms with Gasteiger partial charge < -0.3 is 10.1 Å². The fraction of sp³-hybridized carbons (Fsp3) is 0.300. The van der Waals surface area contributed by atoms with Crippen molar-refractivity contribution >= 4 is 34.7 Å². The van der Waals surface area contributed by atoms with Gasteiger partial charge in [0, 0.05) is 12.1 Å². The Balaban J connectivity index is 3.10. The number of halogens is 10. The average Bonchev–Trinajstić information content (AvgIpc) is 2.29. The number of amidine groups is 1. The summed E-state index contributed by atoms with van der Waals surface area (Å²) in [5.74, 6) is -8.77. The van der Waals surface area contributed by atoms with E-state index in [1.165, 1.54) is 5.32 Å². The van der Waals surface area contributed by atoms with E-state index in [9.17, 15) is 35.1 Å². The van der Waals surface area contributed by atoms with Crippen molar-refractivity contribution in [1.29, 1.82) is 5.41 Å². The van der Waals surface area contributed by atoms with Crippen LogP contribution in [0.2, 0.25) is 10.0 Å². The summed E-state index contributed by atoms with van der Waals surface area (Å²) in [4.78, 5) is 0. The van der Waals surface area contributed by atoms with E-state index < -0.39 is 45.8 Å². The Kier molecular flexibility index (Phi) is 5.26. The lowest BCUT2D eigenvalue weighted by molar-refractivity contribution is -0.274. The van der Waals surface area contributed by atoms with Crippen molar-refractivity contribution in [2.24, 2.45) is 0 Å². The molecule has 0 aliphatic heterocycles. The Morgan fingerprint density at radius 1 is 0.957 bits per heavy atom. The molecule has 0 radical (unpaired) electrons. The molecule has 1 aromatic rings. The van der Waals surface area contributed by atoms with Crippen LogP contribution in [0.3, 0.4) is 0 Å². The van der Waals surface area contributed by atoms with E-state index in [2.05, 4.69) is 4.74 Å². The number of hydrogen-bond acceptors (Lipinski definition) is 2. The minimum absolute atomic E-state index is 0.474. The molecule has 3 nitrogen and oxygen atoms in total. The highest BCUT2D eigenvalue weighted by molar-refractivity contribution is 6.40. The van der Waals surface area contributed by atoms with Crippen molar-refractivity contribution in [2.45, 2.75) is 18.5 Å². The highest BCUT2D eigenvalue weighted by Gasteiger charge is 2.61. The minimum atomic E-state index is -6.06. The fourth-order valence-corrected chi connectivity index (χ4v) is 1.77. The molecule has 0 aliphatic carbocycles. The van der Waals surface area contributed by atoms with Gasteiger partial charge in [0.15, 0.2) is 5.84 Å². The topological polar surface area (TPSA) is 45.1 Å². The van der Waals surface area contributed by atoms with E-state index >= 15 is 0 Å². The largest absolute Gasteiger partial charge is 0.573 e. The highest BCUT2D eigenvalue weighted by atomic mass is 35.5. The van der Waals surface area contributed by atoms with Gasteiger partial charge in [-0.15, -0.1) is 13.2 Å². The van der Waals surface area contributed by atoms with Crippen molar-refractivity contribution in [3.63, 3.8) is 0 Å². The van der Waals surface area contributed by atoms with E-state index in [0.29, 0.717) is 12.1 Å². The van der Waals surface area contributed by atoms with Gasteiger partial charge in [0.2, 0.25) is 0 Å². The lowest BCUT2D eigenvalue weighted by Gasteiger charge is -2.22. The Morgan fingerprint density at radius 3 is 1.74 bits per heavy atom. The molecule has 13 heteroatoms. The smallest absolute Gasteiger partial charge is 0.406 e. The molecule has 0 unspecified atom stereocenters.